The van der Waals surface area contributed by atoms with E-state index >= 15 is 0 Å². The SMILES string of the molecule is COc1ccc(CNCCc2ccc(Cl)cc2)c(OC)c1C. The first-order valence-corrected chi connectivity index (χ1v) is 7.69. The number of benzene rings is 2. The molecular formula is C18H22ClNO2. The number of nitrogens with one attached hydrogen (secondary N) is 1. The van der Waals surface area contributed by atoms with E-state index < -0.39 is 0 Å². The van der Waals surface area contributed by atoms with Crippen molar-refractivity contribution >= 4 is 11.6 Å². The molecule has 0 fully saturated rings. The van der Waals surface area contributed by atoms with Crippen LogP contribution < -0.4 is 14.8 Å². The first-order valence-electron chi connectivity index (χ1n) is 7.31. The molecule has 0 aromatic heterocycles. The lowest BCUT2D eigenvalue weighted by Gasteiger charge is -2.15. The highest BCUT2D eigenvalue weighted by atomic mass is 35.5. The minimum atomic E-state index is 0.765. The normalized spacial score (nSPS) is 10.5. The minimum Gasteiger partial charge on any atom is -0.496 e. The van der Waals surface area contributed by atoms with Crippen LogP contribution in [-0.4, -0.2) is 20.8 Å². The van der Waals surface area contributed by atoms with Gasteiger partial charge in [0.25, 0.3) is 0 Å². The highest BCUT2D eigenvalue weighted by Crippen LogP contribution is 2.31. The highest BCUT2D eigenvalue weighted by Gasteiger charge is 2.10. The van der Waals surface area contributed by atoms with Gasteiger partial charge in [-0.25, -0.2) is 0 Å². The maximum atomic E-state index is 5.89. The third kappa shape index (κ3) is 4.15. The molecule has 22 heavy (non-hydrogen) atoms. The van der Waals surface area contributed by atoms with E-state index in [2.05, 4.69) is 17.4 Å². The quantitative estimate of drug-likeness (QED) is 0.783. The van der Waals surface area contributed by atoms with Gasteiger partial charge in [0.1, 0.15) is 11.5 Å². The van der Waals surface area contributed by atoms with Gasteiger partial charge >= 0.3 is 0 Å². The van der Waals surface area contributed by atoms with Gasteiger partial charge in [-0.2, -0.15) is 0 Å². The van der Waals surface area contributed by atoms with E-state index in [9.17, 15) is 0 Å². The van der Waals surface area contributed by atoms with Crippen molar-refractivity contribution in [2.45, 2.75) is 19.9 Å². The van der Waals surface area contributed by atoms with Crippen LogP contribution in [0.4, 0.5) is 0 Å². The molecule has 0 radical (unpaired) electrons. The topological polar surface area (TPSA) is 30.5 Å². The fourth-order valence-corrected chi connectivity index (χ4v) is 2.61. The Labute approximate surface area is 137 Å². The summed E-state index contributed by atoms with van der Waals surface area (Å²) in [5.74, 6) is 1.74. The van der Waals surface area contributed by atoms with E-state index in [-0.39, 0.29) is 0 Å². The average molecular weight is 320 g/mol. The molecule has 118 valence electrons. The fourth-order valence-electron chi connectivity index (χ4n) is 2.48. The molecule has 0 spiro atoms. The van der Waals surface area contributed by atoms with E-state index in [4.69, 9.17) is 21.1 Å². The van der Waals surface area contributed by atoms with Gasteiger partial charge in [-0.15, -0.1) is 0 Å². The van der Waals surface area contributed by atoms with Gasteiger partial charge in [0.2, 0.25) is 0 Å². The molecule has 3 nitrogen and oxygen atoms in total. The van der Waals surface area contributed by atoms with E-state index in [1.54, 1.807) is 14.2 Å². The van der Waals surface area contributed by atoms with Crippen molar-refractivity contribution in [1.82, 2.24) is 5.32 Å². The van der Waals surface area contributed by atoms with Gasteiger partial charge in [-0.1, -0.05) is 29.8 Å². The highest BCUT2D eigenvalue weighted by molar-refractivity contribution is 6.30. The first-order chi connectivity index (χ1) is 10.7. The van der Waals surface area contributed by atoms with Crippen LogP contribution in [0.1, 0.15) is 16.7 Å². The van der Waals surface area contributed by atoms with Gasteiger partial charge in [0.05, 0.1) is 14.2 Å². The zero-order chi connectivity index (χ0) is 15.9. The van der Waals surface area contributed by atoms with Gasteiger partial charge < -0.3 is 14.8 Å². The second-order valence-corrected chi connectivity index (χ2v) is 5.57. The van der Waals surface area contributed by atoms with Crippen LogP contribution in [0.15, 0.2) is 36.4 Å². The van der Waals surface area contributed by atoms with Crippen LogP contribution in [-0.2, 0) is 13.0 Å². The van der Waals surface area contributed by atoms with Crippen LogP contribution in [0, 0.1) is 6.92 Å². The summed E-state index contributed by atoms with van der Waals surface area (Å²) in [7, 11) is 3.37. The second-order valence-electron chi connectivity index (χ2n) is 5.14. The molecular weight excluding hydrogens is 298 g/mol. The standard InChI is InChI=1S/C18H22ClNO2/c1-13-17(21-2)9-6-15(18(13)22-3)12-20-11-10-14-4-7-16(19)8-5-14/h4-9,20H,10-12H2,1-3H3. The van der Waals surface area contributed by atoms with Gasteiger partial charge in [-0.05, 0) is 43.7 Å². The summed E-state index contributed by atoms with van der Waals surface area (Å²) in [6.07, 6.45) is 0.967. The number of hydrogen-bond acceptors (Lipinski definition) is 3. The molecule has 2 aromatic carbocycles. The van der Waals surface area contributed by atoms with Crippen molar-refractivity contribution in [3.05, 3.63) is 58.1 Å². The van der Waals surface area contributed by atoms with Crippen molar-refractivity contribution in [1.29, 1.82) is 0 Å². The molecule has 2 rings (SSSR count). The average Bonchev–Trinajstić information content (AvgIpc) is 2.53. The number of halogens is 1. The number of methoxy groups -OCH3 is 2. The van der Waals surface area contributed by atoms with Gasteiger partial charge in [-0.3, -0.25) is 0 Å². The molecule has 0 saturated heterocycles. The molecule has 0 aliphatic heterocycles. The molecule has 4 heteroatoms. The molecule has 2 aromatic rings. The Kier molecular flexibility index (Phi) is 6.10. The van der Waals surface area contributed by atoms with Crippen molar-refractivity contribution in [3.8, 4) is 11.5 Å². The summed E-state index contributed by atoms with van der Waals surface area (Å²) in [4.78, 5) is 0. The molecule has 0 unspecified atom stereocenters. The largest absolute Gasteiger partial charge is 0.496 e. The molecule has 0 heterocycles. The predicted molar refractivity (Wildman–Crippen MR) is 91.1 cm³/mol. The number of rotatable bonds is 7. The van der Waals surface area contributed by atoms with Crippen molar-refractivity contribution < 1.29 is 9.47 Å². The molecule has 0 bridgehead atoms. The van der Waals surface area contributed by atoms with E-state index in [1.807, 2.05) is 31.2 Å². The summed E-state index contributed by atoms with van der Waals surface area (Å²) in [6.45, 7) is 3.67. The maximum absolute atomic E-state index is 5.89. The molecule has 0 atom stereocenters. The van der Waals surface area contributed by atoms with E-state index in [1.165, 1.54) is 5.56 Å². The van der Waals surface area contributed by atoms with E-state index in [0.717, 1.165) is 47.2 Å². The van der Waals surface area contributed by atoms with Crippen LogP contribution in [0.3, 0.4) is 0 Å². The smallest absolute Gasteiger partial charge is 0.129 e. The summed E-state index contributed by atoms with van der Waals surface area (Å²) in [5.41, 5.74) is 3.44. The van der Waals surface area contributed by atoms with E-state index in [0.29, 0.717) is 0 Å². The van der Waals surface area contributed by atoms with Crippen molar-refractivity contribution in [2.75, 3.05) is 20.8 Å². The Balaban J connectivity index is 1.91. The Morgan fingerprint density at radius 2 is 1.73 bits per heavy atom. The monoisotopic (exact) mass is 319 g/mol. The van der Waals surface area contributed by atoms with Crippen LogP contribution >= 0.6 is 11.6 Å². The van der Waals surface area contributed by atoms with Crippen molar-refractivity contribution in [2.24, 2.45) is 0 Å². The van der Waals surface area contributed by atoms with Gasteiger partial charge in [0, 0.05) is 22.7 Å². The summed E-state index contributed by atoms with van der Waals surface area (Å²) in [5, 5.41) is 4.22. The molecule has 0 saturated carbocycles. The number of ether oxygens (including phenoxy) is 2. The Morgan fingerprint density at radius 3 is 2.36 bits per heavy atom. The third-order valence-corrected chi connectivity index (χ3v) is 3.93. The maximum Gasteiger partial charge on any atom is 0.129 e. The lowest BCUT2D eigenvalue weighted by atomic mass is 10.1. The van der Waals surface area contributed by atoms with Crippen LogP contribution in [0.25, 0.3) is 0 Å². The lowest BCUT2D eigenvalue weighted by Crippen LogP contribution is -2.17. The second kappa shape index (κ2) is 8.06. The summed E-state index contributed by atoms with van der Waals surface area (Å²) < 4.78 is 10.8. The fraction of sp³-hybridized carbons (Fsp3) is 0.333. The third-order valence-electron chi connectivity index (χ3n) is 3.68. The molecule has 0 amide bonds. The summed E-state index contributed by atoms with van der Waals surface area (Å²) >= 11 is 5.89. The summed E-state index contributed by atoms with van der Waals surface area (Å²) in [6, 6.07) is 12.0. The Hall–Kier alpha value is -1.71. The predicted octanol–water partition coefficient (Wildman–Crippen LogP) is 4.00. The lowest BCUT2D eigenvalue weighted by molar-refractivity contribution is 0.384. The first kappa shape index (κ1) is 16.7. The zero-order valence-electron chi connectivity index (χ0n) is 13.3. The molecule has 1 N–H and O–H groups in total. The zero-order valence-corrected chi connectivity index (χ0v) is 14.0. The Morgan fingerprint density at radius 1 is 1.00 bits per heavy atom. The number of hydrogen-bond donors (Lipinski definition) is 1. The van der Waals surface area contributed by atoms with Crippen LogP contribution in [0.5, 0.6) is 11.5 Å². The Bertz CT molecular complexity index is 611. The van der Waals surface area contributed by atoms with Crippen LogP contribution in [0.2, 0.25) is 5.02 Å². The minimum absolute atomic E-state index is 0.765. The molecule has 0 aliphatic carbocycles. The molecule has 0 aliphatic rings. The van der Waals surface area contributed by atoms with Crippen molar-refractivity contribution in [3.63, 3.8) is 0 Å². The van der Waals surface area contributed by atoms with Gasteiger partial charge in [0.15, 0.2) is 0 Å².